The van der Waals surface area contributed by atoms with E-state index in [4.69, 9.17) is 5.73 Å². The second kappa shape index (κ2) is 9.41. The first-order valence-electron chi connectivity index (χ1n) is 6.56. The maximum absolute atomic E-state index is 11.8. The second-order valence-electron chi connectivity index (χ2n) is 4.92. The molecule has 120 valence electrons. The van der Waals surface area contributed by atoms with Gasteiger partial charge in [-0.2, -0.15) is 13.2 Å². The number of carbonyl (C=O) groups excluding carboxylic acids is 1. The SMILES string of the molecule is Cl.NCC(NC(=O)COCC(F)(F)F)C1CCCCC1. The van der Waals surface area contributed by atoms with E-state index in [1.165, 1.54) is 6.42 Å². The Morgan fingerprint density at radius 3 is 2.40 bits per heavy atom. The zero-order chi connectivity index (χ0) is 14.3. The molecular weight excluding hydrogens is 297 g/mol. The number of amides is 1. The fraction of sp³-hybridized carbons (Fsp3) is 0.917. The molecule has 1 saturated carbocycles. The van der Waals surface area contributed by atoms with E-state index in [0.29, 0.717) is 12.5 Å². The third-order valence-electron chi connectivity index (χ3n) is 3.32. The standard InChI is InChI=1S/C12H21F3N2O2.ClH/c13-12(14,15)8-19-7-11(18)17-10(6-16)9-4-2-1-3-5-9;/h9-10H,1-8,16H2,(H,17,18);1H. The Labute approximate surface area is 123 Å². The lowest BCUT2D eigenvalue weighted by Gasteiger charge is -2.30. The Bertz CT molecular complexity index is 284. The van der Waals surface area contributed by atoms with Crippen LogP contribution in [-0.4, -0.2) is 37.9 Å². The smallest absolute Gasteiger partial charge is 0.362 e. The van der Waals surface area contributed by atoms with Crippen LogP contribution in [0.2, 0.25) is 0 Å². The highest BCUT2D eigenvalue weighted by molar-refractivity contribution is 5.85. The number of nitrogens with two attached hydrogens (primary N) is 1. The van der Waals surface area contributed by atoms with Crippen molar-refractivity contribution in [2.75, 3.05) is 19.8 Å². The Hall–Kier alpha value is -0.530. The fourth-order valence-electron chi connectivity index (χ4n) is 2.41. The molecule has 0 aromatic carbocycles. The van der Waals surface area contributed by atoms with Crippen LogP contribution < -0.4 is 11.1 Å². The fourth-order valence-corrected chi connectivity index (χ4v) is 2.41. The molecule has 0 heterocycles. The quantitative estimate of drug-likeness (QED) is 0.787. The summed E-state index contributed by atoms with van der Waals surface area (Å²) in [5, 5.41) is 2.67. The van der Waals surface area contributed by atoms with E-state index in [1.807, 2.05) is 0 Å². The first kappa shape index (κ1) is 19.5. The molecule has 1 fully saturated rings. The molecule has 1 rings (SSSR count). The molecule has 1 aliphatic carbocycles. The Morgan fingerprint density at radius 1 is 1.30 bits per heavy atom. The highest BCUT2D eigenvalue weighted by Crippen LogP contribution is 2.26. The third kappa shape index (κ3) is 7.91. The van der Waals surface area contributed by atoms with Crippen molar-refractivity contribution >= 4 is 18.3 Å². The van der Waals surface area contributed by atoms with Crippen LogP contribution in [-0.2, 0) is 9.53 Å². The van der Waals surface area contributed by atoms with Crippen LogP contribution in [0.15, 0.2) is 0 Å². The summed E-state index contributed by atoms with van der Waals surface area (Å²) in [6.45, 7) is -1.68. The maximum Gasteiger partial charge on any atom is 0.411 e. The molecular formula is C12H22ClF3N2O2. The van der Waals surface area contributed by atoms with E-state index < -0.39 is 25.3 Å². The van der Waals surface area contributed by atoms with Gasteiger partial charge in [0.05, 0.1) is 0 Å². The molecule has 0 saturated heterocycles. The molecule has 1 aliphatic rings. The number of alkyl halides is 3. The minimum absolute atomic E-state index is 0. The molecule has 0 radical (unpaired) electrons. The molecule has 0 aromatic heterocycles. The van der Waals surface area contributed by atoms with Crippen molar-refractivity contribution in [1.82, 2.24) is 5.32 Å². The molecule has 1 atom stereocenters. The topological polar surface area (TPSA) is 64.3 Å². The van der Waals surface area contributed by atoms with E-state index in [0.717, 1.165) is 25.7 Å². The van der Waals surface area contributed by atoms with Gasteiger partial charge in [-0.15, -0.1) is 12.4 Å². The molecule has 0 aromatic rings. The summed E-state index contributed by atoms with van der Waals surface area (Å²) in [4.78, 5) is 11.5. The average molecular weight is 319 g/mol. The summed E-state index contributed by atoms with van der Waals surface area (Å²) in [6.07, 6.45) is 1.02. The molecule has 1 amide bonds. The molecule has 20 heavy (non-hydrogen) atoms. The van der Waals surface area contributed by atoms with Gasteiger partial charge in [-0.3, -0.25) is 4.79 Å². The van der Waals surface area contributed by atoms with Gasteiger partial charge >= 0.3 is 6.18 Å². The number of halogens is 4. The Morgan fingerprint density at radius 2 is 1.90 bits per heavy atom. The number of nitrogens with one attached hydrogen (secondary N) is 1. The van der Waals surface area contributed by atoms with Crippen molar-refractivity contribution in [3.05, 3.63) is 0 Å². The van der Waals surface area contributed by atoms with Crippen LogP contribution in [0, 0.1) is 5.92 Å². The zero-order valence-electron chi connectivity index (χ0n) is 11.2. The van der Waals surface area contributed by atoms with Gasteiger partial charge in [-0.25, -0.2) is 0 Å². The van der Waals surface area contributed by atoms with Crippen molar-refractivity contribution < 1.29 is 22.7 Å². The maximum atomic E-state index is 11.8. The summed E-state index contributed by atoms with van der Waals surface area (Å²) >= 11 is 0. The van der Waals surface area contributed by atoms with Crippen molar-refractivity contribution in [3.63, 3.8) is 0 Å². The normalized spacial score (nSPS) is 18.2. The molecule has 0 bridgehead atoms. The van der Waals surface area contributed by atoms with Crippen LogP contribution in [0.1, 0.15) is 32.1 Å². The number of carbonyl (C=O) groups is 1. The van der Waals surface area contributed by atoms with Gasteiger partial charge in [0.25, 0.3) is 0 Å². The summed E-state index contributed by atoms with van der Waals surface area (Å²) in [5.74, 6) is -0.212. The molecule has 3 N–H and O–H groups in total. The molecule has 1 unspecified atom stereocenters. The number of hydrogen-bond donors (Lipinski definition) is 2. The Balaban J connectivity index is 0.00000361. The second-order valence-corrected chi connectivity index (χ2v) is 4.92. The third-order valence-corrected chi connectivity index (χ3v) is 3.32. The Kier molecular flexibility index (Phi) is 9.16. The van der Waals surface area contributed by atoms with E-state index in [-0.39, 0.29) is 18.4 Å². The van der Waals surface area contributed by atoms with Gasteiger partial charge in [-0.05, 0) is 18.8 Å². The minimum Gasteiger partial charge on any atom is -0.362 e. The lowest BCUT2D eigenvalue weighted by molar-refractivity contribution is -0.175. The summed E-state index contributed by atoms with van der Waals surface area (Å²) in [6, 6.07) is -0.165. The van der Waals surface area contributed by atoms with Gasteiger partial charge in [0.2, 0.25) is 5.91 Å². The highest BCUT2D eigenvalue weighted by atomic mass is 35.5. The number of hydrogen-bond acceptors (Lipinski definition) is 3. The first-order valence-corrected chi connectivity index (χ1v) is 6.56. The average Bonchev–Trinajstić information content (AvgIpc) is 2.35. The lowest BCUT2D eigenvalue weighted by atomic mass is 9.84. The summed E-state index contributed by atoms with van der Waals surface area (Å²) in [5.41, 5.74) is 5.61. The number of rotatable bonds is 6. The highest BCUT2D eigenvalue weighted by Gasteiger charge is 2.28. The van der Waals surface area contributed by atoms with Crippen LogP contribution in [0.5, 0.6) is 0 Å². The minimum atomic E-state index is -4.41. The van der Waals surface area contributed by atoms with E-state index in [9.17, 15) is 18.0 Å². The van der Waals surface area contributed by atoms with Crippen molar-refractivity contribution in [2.45, 2.75) is 44.3 Å². The van der Waals surface area contributed by atoms with Gasteiger partial charge < -0.3 is 15.8 Å². The van der Waals surface area contributed by atoms with Crippen LogP contribution >= 0.6 is 12.4 Å². The number of ether oxygens (including phenoxy) is 1. The van der Waals surface area contributed by atoms with Crippen molar-refractivity contribution in [1.29, 1.82) is 0 Å². The molecule has 0 aliphatic heterocycles. The van der Waals surface area contributed by atoms with E-state index in [1.54, 1.807) is 0 Å². The largest absolute Gasteiger partial charge is 0.411 e. The van der Waals surface area contributed by atoms with E-state index >= 15 is 0 Å². The van der Waals surface area contributed by atoms with Gasteiger partial charge in [0.1, 0.15) is 13.2 Å². The molecule has 0 spiro atoms. The first-order chi connectivity index (χ1) is 8.92. The zero-order valence-corrected chi connectivity index (χ0v) is 12.1. The van der Waals surface area contributed by atoms with E-state index in [2.05, 4.69) is 10.1 Å². The van der Waals surface area contributed by atoms with Gasteiger partial charge in [0, 0.05) is 12.6 Å². The summed E-state index contributed by atoms with van der Waals surface area (Å²) in [7, 11) is 0. The predicted octanol–water partition coefficient (Wildman–Crippen LogP) is 2.01. The molecule has 4 nitrogen and oxygen atoms in total. The van der Waals surface area contributed by atoms with Gasteiger partial charge in [0.15, 0.2) is 0 Å². The molecule has 8 heteroatoms. The van der Waals surface area contributed by atoms with Gasteiger partial charge in [-0.1, -0.05) is 19.3 Å². The van der Waals surface area contributed by atoms with Crippen molar-refractivity contribution in [3.8, 4) is 0 Å². The van der Waals surface area contributed by atoms with Crippen LogP contribution in [0.4, 0.5) is 13.2 Å². The van der Waals surface area contributed by atoms with Crippen molar-refractivity contribution in [2.24, 2.45) is 11.7 Å². The summed E-state index contributed by atoms with van der Waals surface area (Å²) < 4.78 is 39.9. The predicted molar refractivity (Wildman–Crippen MR) is 71.7 cm³/mol. The lowest BCUT2D eigenvalue weighted by Crippen LogP contribution is -2.47. The monoisotopic (exact) mass is 318 g/mol. The van der Waals surface area contributed by atoms with Crippen LogP contribution in [0.3, 0.4) is 0 Å². The van der Waals surface area contributed by atoms with Crippen LogP contribution in [0.25, 0.3) is 0 Å².